The normalized spacial score (nSPS) is 25.7. The third kappa shape index (κ3) is 7.24. The minimum atomic E-state index is -4.84. The lowest BCUT2D eigenvalue weighted by molar-refractivity contribution is -0.143. The topological polar surface area (TPSA) is 99.7 Å². The molecule has 1 aromatic carbocycles. The second-order valence-electron chi connectivity index (χ2n) is 14.1. The van der Waals surface area contributed by atoms with Gasteiger partial charge in [-0.2, -0.15) is 13.2 Å². The van der Waals surface area contributed by atoms with E-state index in [1.54, 1.807) is 21.1 Å². The van der Waals surface area contributed by atoms with E-state index in [9.17, 15) is 32.7 Å². The van der Waals surface area contributed by atoms with Crippen molar-refractivity contribution in [3.8, 4) is 5.75 Å². The van der Waals surface area contributed by atoms with Gasteiger partial charge in [0.25, 0.3) is 0 Å². The number of hydrogen-bond acceptors (Lipinski definition) is 7. The number of benzene rings is 1. The molecular weight excluding hydrogens is 681 g/mol. The van der Waals surface area contributed by atoms with Crippen LogP contribution in [0.1, 0.15) is 48.1 Å². The van der Waals surface area contributed by atoms with Gasteiger partial charge in [0.05, 0.1) is 28.7 Å². The standard InChI is InChI=1S/C34H42ClF3N6O4S/c35-26-17-21(16-25(31(26)46)34(36,37)38)15-23(32(47)43-12-10-41(11-13-43)28-19-40-6-1-22(28)2-7-40)18-30(45)42-8-3-24(4-9-42)44-20-29-27(5-14-49-29)39-33(44)48/h5,14,16-17,22-24,28,46H,1-4,6-13,15,18-20H2,(H,39,48)/t23-,28?/m0/s1. The lowest BCUT2D eigenvalue weighted by Gasteiger charge is -2.51. The number of nitrogens with one attached hydrogen (secondary N) is 1. The van der Waals surface area contributed by atoms with Crippen molar-refractivity contribution >= 4 is 46.5 Å². The zero-order chi connectivity index (χ0) is 34.4. The first-order valence-electron chi connectivity index (χ1n) is 17.2. The Morgan fingerprint density at radius 3 is 2.37 bits per heavy atom. The average Bonchev–Trinajstić information content (AvgIpc) is 3.56. The van der Waals surface area contributed by atoms with Gasteiger partial charge in [0.1, 0.15) is 5.75 Å². The molecule has 2 aromatic rings. The molecule has 0 saturated carbocycles. The van der Waals surface area contributed by atoms with Crippen molar-refractivity contribution in [2.75, 3.05) is 64.2 Å². The molecule has 2 bridgehead atoms. The highest BCUT2D eigenvalue weighted by atomic mass is 35.5. The lowest BCUT2D eigenvalue weighted by Crippen LogP contribution is -2.61. The summed E-state index contributed by atoms with van der Waals surface area (Å²) in [5, 5.41) is 14.5. The fourth-order valence-corrected chi connectivity index (χ4v) is 9.52. The summed E-state index contributed by atoms with van der Waals surface area (Å²) < 4.78 is 41.3. The first-order chi connectivity index (χ1) is 23.4. The number of phenolic OH excluding ortho intramolecular Hbond substituents is 1. The number of aromatic hydroxyl groups is 1. The van der Waals surface area contributed by atoms with Crippen LogP contribution in [-0.4, -0.2) is 118 Å². The van der Waals surface area contributed by atoms with E-state index in [1.165, 1.54) is 18.9 Å². The van der Waals surface area contributed by atoms with Gasteiger partial charge in [0.15, 0.2) is 0 Å². The molecule has 8 rings (SSSR count). The summed E-state index contributed by atoms with van der Waals surface area (Å²) in [5.41, 5.74) is -0.292. The third-order valence-corrected chi connectivity index (χ3v) is 12.4. The van der Waals surface area contributed by atoms with Crippen LogP contribution in [0.25, 0.3) is 0 Å². The van der Waals surface area contributed by atoms with E-state index in [-0.39, 0.29) is 42.3 Å². The van der Waals surface area contributed by atoms with E-state index >= 15 is 0 Å². The molecule has 4 amide bonds. The second-order valence-corrected chi connectivity index (χ2v) is 15.5. The van der Waals surface area contributed by atoms with Gasteiger partial charge in [-0.15, -0.1) is 11.3 Å². The number of phenols is 1. The number of carbonyl (C=O) groups is 3. The molecule has 7 heterocycles. The maximum atomic E-state index is 14.1. The molecule has 2 N–H and O–H groups in total. The Morgan fingerprint density at radius 2 is 1.71 bits per heavy atom. The first kappa shape index (κ1) is 34.4. The van der Waals surface area contributed by atoms with Crippen molar-refractivity contribution in [3.63, 3.8) is 0 Å². The summed E-state index contributed by atoms with van der Waals surface area (Å²) in [5.74, 6) is -1.79. The summed E-state index contributed by atoms with van der Waals surface area (Å²) >= 11 is 7.62. The molecule has 1 aromatic heterocycles. The van der Waals surface area contributed by atoms with Gasteiger partial charge in [-0.3, -0.25) is 14.5 Å². The number of thiophene rings is 1. The molecule has 10 nitrogen and oxygen atoms in total. The monoisotopic (exact) mass is 722 g/mol. The number of anilines is 1. The van der Waals surface area contributed by atoms with E-state index in [0.29, 0.717) is 57.5 Å². The van der Waals surface area contributed by atoms with E-state index in [2.05, 4.69) is 15.1 Å². The predicted molar refractivity (Wildman–Crippen MR) is 180 cm³/mol. The van der Waals surface area contributed by atoms with Crippen LogP contribution >= 0.6 is 22.9 Å². The SMILES string of the molecule is O=C(C[C@H](Cc1cc(Cl)c(O)c(C(F)(F)F)c1)C(=O)N1CCN(C2CN3CCC2CC3)CC1)N1CCC(N2Cc3sccc3NC2=O)CC1. The first-order valence-corrected chi connectivity index (χ1v) is 18.5. The van der Waals surface area contributed by atoms with Gasteiger partial charge >= 0.3 is 12.2 Å². The van der Waals surface area contributed by atoms with Crippen LogP contribution in [0.15, 0.2) is 23.6 Å². The smallest absolute Gasteiger partial charge is 0.420 e. The highest BCUT2D eigenvalue weighted by Crippen LogP contribution is 2.41. The molecule has 266 valence electrons. The van der Waals surface area contributed by atoms with Crippen LogP contribution in [0.3, 0.4) is 0 Å². The molecular formula is C34H42ClF3N6O4S. The molecule has 0 aliphatic carbocycles. The number of piperazine rings is 1. The Kier molecular flexibility index (Phi) is 9.77. The number of piperidine rings is 4. The van der Waals surface area contributed by atoms with E-state index < -0.39 is 28.4 Å². The molecule has 5 fully saturated rings. The number of fused-ring (bicyclic) bond motifs is 4. The highest BCUT2D eigenvalue weighted by Gasteiger charge is 2.41. The Balaban J connectivity index is 1.03. The third-order valence-electron chi connectivity index (χ3n) is 11.2. The summed E-state index contributed by atoms with van der Waals surface area (Å²) in [6.07, 6.45) is -1.56. The highest BCUT2D eigenvalue weighted by molar-refractivity contribution is 7.10. The Bertz CT molecular complexity index is 1570. The Morgan fingerprint density at radius 1 is 1.00 bits per heavy atom. The van der Waals surface area contributed by atoms with Gasteiger partial charge in [-0.05, 0) is 80.3 Å². The van der Waals surface area contributed by atoms with Gasteiger partial charge in [-0.1, -0.05) is 11.6 Å². The molecule has 49 heavy (non-hydrogen) atoms. The Labute approximate surface area is 292 Å². The number of likely N-dealkylation sites (tertiary alicyclic amines) is 1. The number of halogens is 4. The van der Waals surface area contributed by atoms with Crippen molar-refractivity contribution in [1.29, 1.82) is 0 Å². The quantitative estimate of drug-likeness (QED) is 0.420. The van der Waals surface area contributed by atoms with Gasteiger partial charge < -0.3 is 30.0 Å². The summed E-state index contributed by atoms with van der Waals surface area (Å²) in [4.78, 5) is 52.0. The largest absolute Gasteiger partial charge is 0.506 e. The minimum absolute atomic E-state index is 0.0378. The van der Waals surface area contributed by atoms with Crippen molar-refractivity contribution in [3.05, 3.63) is 44.6 Å². The molecule has 15 heteroatoms. The molecule has 0 spiro atoms. The molecule has 1 unspecified atom stereocenters. The fourth-order valence-electron chi connectivity index (χ4n) is 8.45. The number of urea groups is 1. The number of alkyl halides is 3. The average molecular weight is 723 g/mol. The number of amides is 4. The summed E-state index contributed by atoms with van der Waals surface area (Å²) in [6.45, 7) is 7.10. The van der Waals surface area contributed by atoms with Gasteiger partial charge in [0, 0.05) is 69.2 Å². The van der Waals surface area contributed by atoms with Crippen molar-refractivity contribution < 1.29 is 32.7 Å². The number of carbonyl (C=O) groups excluding carboxylic acids is 3. The van der Waals surface area contributed by atoms with E-state index in [0.717, 1.165) is 49.4 Å². The second kappa shape index (κ2) is 13.9. The summed E-state index contributed by atoms with van der Waals surface area (Å²) in [6, 6.07) is 4.25. The van der Waals surface area contributed by atoms with Crippen molar-refractivity contribution in [2.24, 2.45) is 11.8 Å². The van der Waals surface area contributed by atoms with Crippen LogP contribution in [0, 0.1) is 11.8 Å². The van der Waals surface area contributed by atoms with Crippen molar-refractivity contribution in [2.45, 2.75) is 63.3 Å². The summed E-state index contributed by atoms with van der Waals surface area (Å²) in [7, 11) is 0. The number of hydrogen-bond donors (Lipinski definition) is 2. The van der Waals surface area contributed by atoms with Crippen LogP contribution < -0.4 is 5.32 Å². The molecule has 6 aliphatic heterocycles. The van der Waals surface area contributed by atoms with Crippen LogP contribution in [0.4, 0.5) is 23.7 Å². The molecule has 5 saturated heterocycles. The maximum Gasteiger partial charge on any atom is 0.420 e. The fraction of sp³-hybridized carbons (Fsp3) is 0.618. The Hall–Kier alpha value is -3.07. The molecule has 0 radical (unpaired) electrons. The number of rotatable bonds is 7. The molecule has 6 aliphatic rings. The van der Waals surface area contributed by atoms with Gasteiger partial charge in [-0.25, -0.2) is 4.79 Å². The zero-order valence-electron chi connectivity index (χ0n) is 27.3. The minimum Gasteiger partial charge on any atom is -0.506 e. The van der Waals surface area contributed by atoms with Crippen LogP contribution in [-0.2, 0) is 28.7 Å². The predicted octanol–water partition coefficient (Wildman–Crippen LogP) is 4.95. The van der Waals surface area contributed by atoms with E-state index in [4.69, 9.17) is 11.6 Å². The zero-order valence-corrected chi connectivity index (χ0v) is 28.8. The number of nitrogens with zero attached hydrogens (tertiary/aromatic N) is 5. The van der Waals surface area contributed by atoms with Gasteiger partial charge in [0.2, 0.25) is 11.8 Å². The maximum absolute atomic E-state index is 14.1. The van der Waals surface area contributed by atoms with Crippen LogP contribution in [0.5, 0.6) is 5.75 Å². The van der Waals surface area contributed by atoms with E-state index in [1.807, 2.05) is 16.3 Å². The van der Waals surface area contributed by atoms with Crippen LogP contribution in [0.2, 0.25) is 5.02 Å². The lowest BCUT2D eigenvalue weighted by atomic mass is 9.83. The van der Waals surface area contributed by atoms with Crippen molar-refractivity contribution in [1.82, 2.24) is 24.5 Å². The molecule has 2 atom stereocenters.